The highest BCUT2D eigenvalue weighted by Crippen LogP contribution is 2.18. The Hall–Kier alpha value is -1.43. The van der Waals surface area contributed by atoms with E-state index in [2.05, 4.69) is 0 Å². The Morgan fingerprint density at radius 3 is 2.52 bits per heavy atom. The molecule has 0 heterocycles. The SMILES string of the molecule is CCCN(Cc1ccccc1)C(=O)c1ccc(F)cc1I. The number of nitrogens with zero attached hydrogens (tertiary/aromatic N) is 1. The molecular weight excluding hydrogens is 380 g/mol. The summed E-state index contributed by atoms with van der Waals surface area (Å²) in [6, 6.07) is 14.2. The van der Waals surface area contributed by atoms with Gasteiger partial charge in [0, 0.05) is 16.7 Å². The van der Waals surface area contributed by atoms with Crippen molar-refractivity contribution < 1.29 is 9.18 Å². The van der Waals surface area contributed by atoms with Crippen LogP contribution in [0.1, 0.15) is 29.3 Å². The molecule has 2 aromatic carbocycles. The summed E-state index contributed by atoms with van der Waals surface area (Å²) in [5, 5.41) is 0. The van der Waals surface area contributed by atoms with E-state index in [-0.39, 0.29) is 11.7 Å². The Morgan fingerprint density at radius 1 is 1.19 bits per heavy atom. The maximum Gasteiger partial charge on any atom is 0.255 e. The van der Waals surface area contributed by atoms with E-state index in [0.717, 1.165) is 12.0 Å². The van der Waals surface area contributed by atoms with Gasteiger partial charge in [0.05, 0.1) is 5.56 Å². The second kappa shape index (κ2) is 7.54. The molecule has 21 heavy (non-hydrogen) atoms. The second-order valence-corrected chi connectivity index (χ2v) is 6.00. The third-order valence-electron chi connectivity index (χ3n) is 3.16. The summed E-state index contributed by atoms with van der Waals surface area (Å²) in [5.41, 5.74) is 1.65. The predicted octanol–water partition coefficient (Wildman–Crippen LogP) is 4.48. The first-order chi connectivity index (χ1) is 10.1. The van der Waals surface area contributed by atoms with E-state index in [4.69, 9.17) is 0 Å². The average Bonchev–Trinajstić information content (AvgIpc) is 2.47. The Balaban J connectivity index is 2.23. The highest BCUT2D eigenvalue weighted by molar-refractivity contribution is 14.1. The minimum absolute atomic E-state index is 0.0508. The van der Waals surface area contributed by atoms with Crippen molar-refractivity contribution in [2.24, 2.45) is 0 Å². The second-order valence-electron chi connectivity index (χ2n) is 4.84. The van der Waals surface area contributed by atoms with Gasteiger partial charge in [-0.2, -0.15) is 0 Å². The third kappa shape index (κ3) is 4.27. The van der Waals surface area contributed by atoms with Gasteiger partial charge < -0.3 is 4.90 Å². The molecule has 2 rings (SSSR count). The predicted molar refractivity (Wildman–Crippen MR) is 90.6 cm³/mol. The van der Waals surface area contributed by atoms with Crippen LogP contribution < -0.4 is 0 Å². The molecule has 4 heteroatoms. The lowest BCUT2D eigenvalue weighted by atomic mass is 10.1. The summed E-state index contributed by atoms with van der Waals surface area (Å²) in [4.78, 5) is 14.5. The molecule has 0 aliphatic rings. The van der Waals surface area contributed by atoms with E-state index in [1.807, 2.05) is 64.7 Å². The highest BCUT2D eigenvalue weighted by atomic mass is 127. The van der Waals surface area contributed by atoms with Crippen molar-refractivity contribution in [1.29, 1.82) is 0 Å². The van der Waals surface area contributed by atoms with Gasteiger partial charge in [-0.15, -0.1) is 0 Å². The molecule has 110 valence electrons. The van der Waals surface area contributed by atoms with Crippen LogP contribution in [-0.2, 0) is 6.54 Å². The summed E-state index contributed by atoms with van der Waals surface area (Å²) in [5.74, 6) is -0.369. The molecule has 0 spiro atoms. The van der Waals surface area contributed by atoms with Crippen molar-refractivity contribution in [3.8, 4) is 0 Å². The molecule has 0 radical (unpaired) electrons. The number of benzene rings is 2. The van der Waals surface area contributed by atoms with E-state index in [1.54, 1.807) is 6.07 Å². The lowest BCUT2D eigenvalue weighted by molar-refractivity contribution is 0.0742. The van der Waals surface area contributed by atoms with Crippen LogP contribution in [0.2, 0.25) is 0 Å². The maximum atomic E-state index is 13.2. The van der Waals surface area contributed by atoms with Crippen LogP contribution in [0.3, 0.4) is 0 Å². The number of halogens is 2. The Morgan fingerprint density at radius 2 is 1.90 bits per heavy atom. The zero-order valence-corrected chi connectivity index (χ0v) is 14.0. The number of hydrogen-bond donors (Lipinski definition) is 0. The maximum absolute atomic E-state index is 13.2. The van der Waals surface area contributed by atoms with Crippen LogP contribution in [0.4, 0.5) is 4.39 Å². The molecule has 0 bridgehead atoms. The summed E-state index contributed by atoms with van der Waals surface area (Å²) < 4.78 is 13.8. The summed E-state index contributed by atoms with van der Waals surface area (Å²) in [6.45, 7) is 3.29. The molecule has 2 nitrogen and oxygen atoms in total. The number of hydrogen-bond acceptors (Lipinski definition) is 1. The van der Waals surface area contributed by atoms with Gasteiger partial charge >= 0.3 is 0 Å². The number of amides is 1. The largest absolute Gasteiger partial charge is 0.334 e. The standard InChI is InChI=1S/C17H17FINO/c1-2-10-20(12-13-6-4-3-5-7-13)17(21)15-9-8-14(18)11-16(15)19/h3-9,11H,2,10,12H2,1H3. The van der Waals surface area contributed by atoms with Crippen molar-refractivity contribution >= 4 is 28.5 Å². The third-order valence-corrected chi connectivity index (χ3v) is 4.05. The minimum Gasteiger partial charge on any atom is -0.334 e. The molecule has 2 aromatic rings. The van der Waals surface area contributed by atoms with Crippen LogP contribution in [0.15, 0.2) is 48.5 Å². The topological polar surface area (TPSA) is 20.3 Å². The van der Waals surface area contributed by atoms with Crippen molar-refractivity contribution in [1.82, 2.24) is 4.90 Å². The van der Waals surface area contributed by atoms with Crippen LogP contribution in [0.5, 0.6) is 0 Å². The minimum atomic E-state index is -0.318. The molecule has 0 aliphatic carbocycles. The van der Waals surface area contributed by atoms with Gasteiger partial charge in [0.1, 0.15) is 5.82 Å². The number of carbonyl (C=O) groups excluding carboxylic acids is 1. The molecule has 1 amide bonds. The van der Waals surface area contributed by atoms with Gasteiger partial charge in [-0.25, -0.2) is 4.39 Å². The first-order valence-corrected chi connectivity index (χ1v) is 7.98. The lowest BCUT2D eigenvalue weighted by Gasteiger charge is -2.23. The molecule has 0 saturated heterocycles. The van der Waals surface area contributed by atoms with Gasteiger partial charge in [0.15, 0.2) is 0 Å². The van der Waals surface area contributed by atoms with Crippen LogP contribution in [-0.4, -0.2) is 17.4 Å². The van der Waals surface area contributed by atoms with Crippen LogP contribution in [0.25, 0.3) is 0 Å². The van der Waals surface area contributed by atoms with Crippen molar-refractivity contribution in [2.75, 3.05) is 6.54 Å². The normalized spacial score (nSPS) is 10.4. The first-order valence-electron chi connectivity index (χ1n) is 6.90. The lowest BCUT2D eigenvalue weighted by Crippen LogP contribution is -2.31. The quantitative estimate of drug-likeness (QED) is 0.682. The van der Waals surface area contributed by atoms with Crippen molar-refractivity contribution in [2.45, 2.75) is 19.9 Å². The molecular formula is C17H17FINO. The van der Waals surface area contributed by atoms with Gasteiger partial charge in [-0.1, -0.05) is 37.3 Å². The average molecular weight is 397 g/mol. The van der Waals surface area contributed by atoms with Crippen molar-refractivity contribution in [3.63, 3.8) is 0 Å². The molecule has 0 atom stereocenters. The monoisotopic (exact) mass is 397 g/mol. The van der Waals surface area contributed by atoms with E-state index >= 15 is 0 Å². The molecule has 0 aliphatic heterocycles. The molecule has 0 N–H and O–H groups in total. The fourth-order valence-electron chi connectivity index (χ4n) is 2.16. The highest BCUT2D eigenvalue weighted by Gasteiger charge is 2.18. The smallest absolute Gasteiger partial charge is 0.255 e. The van der Waals surface area contributed by atoms with E-state index in [1.165, 1.54) is 12.1 Å². The van der Waals surface area contributed by atoms with Gasteiger partial charge in [0.25, 0.3) is 5.91 Å². The Labute approximate surface area is 138 Å². The molecule has 0 aromatic heterocycles. The molecule has 0 saturated carbocycles. The van der Waals surface area contributed by atoms with Gasteiger partial charge in [-0.05, 0) is 52.8 Å². The summed E-state index contributed by atoms with van der Waals surface area (Å²) >= 11 is 2.01. The fraction of sp³-hybridized carbons (Fsp3) is 0.235. The fourth-order valence-corrected chi connectivity index (χ4v) is 2.87. The van der Waals surface area contributed by atoms with E-state index in [9.17, 15) is 9.18 Å². The van der Waals surface area contributed by atoms with Crippen molar-refractivity contribution in [3.05, 3.63) is 69.0 Å². The number of carbonyl (C=O) groups is 1. The molecule has 0 fully saturated rings. The summed E-state index contributed by atoms with van der Waals surface area (Å²) in [6.07, 6.45) is 0.885. The number of rotatable bonds is 5. The van der Waals surface area contributed by atoms with Gasteiger partial charge in [0.2, 0.25) is 0 Å². The Kier molecular flexibility index (Phi) is 5.73. The van der Waals surface area contributed by atoms with Crippen LogP contribution in [0, 0.1) is 9.39 Å². The van der Waals surface area contributed by atoms with Gasteiger partial charge in [-0.3, -0.25) is 4.79 Å². The zero-order valence-electron chi connectivity index (χ0n) is 11.9. The Bertz CT molecular complexity index is 615. The summed E-state index contributed by atoms with van der Waals surface area (Å²) in [7, 11) is 0. The zero-order chi connectivity index (χ0) is 15.2. The first kappa shape index (κ1) is 15.9. The van der Waals surface area contributed by atoms with E-state index in [0.29, 0.717) is 22.2 Å². The molecule has 0 unspecified atom stereocenters. The van der Waals surface area contributed by atoms with E-state index < -0.39 is 0 Å². The van der Waals surface area contributed by atoms with Crippen LogP contribution >= 0.6 is 22.6 Å².